The maximum absolute atomic E-state index is 12.3. The number of rotatable bonds is 4. The van der Waals surface area contributed by atoms with Crippen LogP contribution in [-0.4, -0.2) is 41.1 Å². The molecule has 1 aliphatic carbocycles. The van der Waals surface area contributed by atoms with Gasteiger partial charge in [0.05, 0.1) is 0 Å². The molecule has 2 amide bonds. The van der Waals surface area contributed by atoms with Crippen LogP contribution in [0.15, 0.2) is 0 Å². The lowest BCUT2D eigenvalue weighted by molar-refractivity contribution is -0.139. The molecule has 1 aliphatic heterocycles. The maximum Gasteiger partial charge on any atom is 0.326 e. The molecule has 5 nitrogen and oxygen atoms in total. The van der Waals surface area contributed by atoms with Crippen LogP contribution in [0.1, 0.15) is 65.2 Å². The molecule has 1 heterocycles. The fraction of sp³-hybridized carbons (Fsp3) is 0.882. The van der Waals surface area contributed by atoms with E-state index < -0.39 is 12.0 Å². The molecule has 1 saturated carbocycles. The molecular weight excluding hydrogens is 280 g/mol. The van der Waals surface area contributed by atoms with Gasteiger partial charge >= 0.3 is 12.0 Å². The van der Waals surface area contributed by atoms with Crippen molar-refractivity contribution in [1.29, 1.82) is 0 Å². The minimum absolute atomic E-state index is 0.210. The smallest absolute Gasteiger partial charge is 0.326 e. The summed E-state index contributed by atoms with van der Waals surface area (Å²) in [6.07, 6.45) is 9.20. The highest BCUT2D eigenvalue weighted by Gasteiger charge is 2.37. The van der Waals surface area contributed by atoms with Gasteiger partial charge in [0.15, 0.2) is 0 Å². The van der Waals surface area contributed by atoms with Gasteiger partial charge in [0.1, 0.15) is 6.04 Å². The Morgan fingerprint density at radius 1 is 1.09 bits per heavy atom. The number of hydrogen-bond donors (Lipinski definition) is 2. The number of carboxylic acid groups (broad SMARTS) is 1. The van der Waals surface area contributed by atoms with E-state index in [2.05, 4.69) is 5.32 Å². The molecule has 0 aromatic carbocycles. The summed E-state index contributed by atoms with van der Waals surface area (Å²) >= 11 is 0. The Bertz CT molecular complexity index is 393. The van der Waals surface area contributed by atoms with Gasteiger partial charge in [-0.15, -0.1) is 0 Å². The first kappa shape index (κ1) is 17.1. The van der Waals surface area contributed by atoms with E-state index in [4.69, 9.17) is 0 Å². The molecule has 1 saturated heterocycles. The highest BCUT2D eigenvalue weighted by molar-refractivity contribution is 5.82. The van der Waals surface area contributed by atoms with Crippen molar-refractivity contribution in [3.63, 3.8) is 0 Å². The SMILES string of the molecule is CC(C)CC(NC(=O)N1CCC2(CCCCC2)CC1)C(=O)O. The monoisotopic (exact) mass is 310 g/mol. The second-order valence-electron chi connectivity index (χ2n) is 7.52. The minimum Gasteiger partial charge on any atom is -0.480 e. The van der Waals surface area contributed by atoms with Crippen molar-refractivity contribution in [2.75, 3.05) is 13.1 Å². The van der Waals surface area contributed by atoms with E-state index in [1.165, 1.54) is 32.1 Å². The van der Waals surface area contributed by atoms with Crippen molar-refractivity contribution < 1.29 is 14.7 Å². The molecule has 126 valence electrons. The number of likely N-dealkylation sites (tertiary alicyclic amines) is 1. The molecule has 1 atom stereocenters. The molecule has 2 fully saturated rings. The van der Waals surface area contributed by atoms with Gasteiger partial charge in [-0.05, 0) is 43.4 Å². The number of carboxylic acids is 1. The summed E-state index contributed by atoms with van der Waals surface area (Å²) in [6, 6.07) is -0.989. The third-order valence-electron chi connectivity index (χ3n) is 5.33. The van der Waals surface area contributed by atoms with Crippen LogP contribution < -0.4 is 5.32 Å². The van der Waals surface area contributed by atoms with Gasteiger partial charge in [0.25, 0.3) is 0 Å². The number of carbonyl (C=O) groups is 2. The van der Waals surface area contributed by atoms with Crippen LogP contribution in [0.2, 0.25) is 0 Å². The van der Waals surface area contributed by atoms with Crippen LogP contribution in [0.25, 0.3) is 0 Å². The summed E-state index contributed by atoms with van der Waals surface area (Å²) < 4.78 is 0. The van der Waals surface area contributed by atoms with E-state index in [1.807, 2.05) is 13.8 Å². The first-order chi connectivity index (χ1) is 10.4. The van der Waals surface area contributed by atoms with Gasteiger partial charge in [-0.3, -0.25) is 0 Å². The molecular formula is C17H30N2O3. The topological polar surface area (TPSA) is 69.6 Å². The van der Waals surface area contributed by atoms with Crippen LogP contribution in [0.5, 0.6) is 0 Å². The summed E-state index contributed by atoms with van der Waals surface area (Å²) in [7, 11) is 0. The lowest BCUT2D eigenvalue weighted by atomic mass is 9.68. The Morgan fingerprint density at radius 3 is 2.18 bits per heavy atom. The highest BCUT2D eigenvalue weighted by Crippen LogP contribution is 2.44. The highest BCUT2D eigenvalue weighted by atomic mass is 16.4. The van der Waals surface area contributed by atoms with Crippen molar-refractivity contribution >= 4 is 12.0 Å². The second-order valence-corrected chi connectivity index (χ2v) is 7.52. The Morgan fingerprint density at radius 2 is 1.68 bits per heavy atom. The second kappa shape index (κ2) is 7.34. The van der Waals surface area contributed by atoms with E-state index in [0.29, 0.717) is 11.8 Å². The molecule has 2 N–H and O–H groups in total. The van der Waals surface area contributed by atoms with Crippen LogP contribution in [-0.2, 0) is 4.79 Å². The predicted octanol–water partition coefficient (Wildman–Crippen LogP) is 3.24. The van der Waals surface area contributed by atoms with Crippen molar-refractivity contribution in [2.24, 2.45) is 11.3 Å². The summed E-state index contributed by atoms with van der Waals surface area (Å²) in [5.41, 5.74) is 0.458. The summed E-state index contributed by atoms with van der Waals surface area (Å²) in [5.74, 6) is -0.698. The average Bonchev–Trinajstić information content (AvgIpc) is 2.47. The lowest BCUT2D eigenvalue weighted by Gasteiger charge is -2.44. The lowest BCUT2D eigenvalue weighted by Crippen LogP contribution is -2.52. The van der Waals surface area contributed by atoms with E-state index in [-0.39, 0.29) is 11.9 Å². The number of hydrogen-bond acceptors (Lipinski definition) is 2. The van der Waals surface area contributed by atoms with Gasteiger partial charge < -0.3 is 15.3 Å². The van der Waals surface area contributed by atoms with E-state index in [9.17, 15) is 14.7 Å². The fourth-order valence-electron chi connectivity index (χ4n) is 3.92. The Kier molecular flexibility index (Phi) is 5.70. The molecule has 2 rings (SSSR count). The fourth-order valence-corrected chi connectivity index (χ4v) is 3.92. The van der Waals surface area contributed by atoms with Crippen molar-refractivity contribution in [3.05, 3.63) is 0 Å². The molecule has 0 radical (unpaired) electrons. The normalized spacial score (nSPS) is 22.6. The van der Waals surface area contributed by atoms with Gasteiger partial charge in [-0.1, -0.05) is 33.1 Å². The van der Waals surface area contributed by atoms with Crippen LogP contribution in [0.4, 0.5) is 4.79 Å². The summed E-state index contributed by atoms with van der Waals surface area (Å²) in [5, 5.41) is 11.9. The summed E-state index contributed by atoms with van der Waals surface area (Å²) in [4.78, 5) is 25.4. The largest absolute Gasteiger partial charge is 0.480 e. The molecule has 0 bridgehead atoms. The third kappa shape index (κ3) is 4.37. The van der Waals surface area contributed by atoms with Gasteiger partial charge in [0.2, 0.25) is 0 Å². The predicted molar refractivity (Wildman–Crippen MR) is 85.7 cm³/mol. The van der Waals surface area contributed by atoms with Crippen molar-refractivity contribution in [1.82, 2.24) is 10.2 Å². The quantitative estimate of drug-likeness (QED) is 0.837. The zero-order valence-corrected chi connectivity index (χ0v) is 13.9. The number of nitrogens with one attached hydrogen (secondary N) is 1. The Balaban J connectivity index is 1.84. The average molecular weight is 310 g/mol. The van der Waals surface area contributed by atoms with E-state index in [1.54, 1.807) is 4.90 Å². The van der Waals surface area contributed by atoms with Crippen molar-refractivity contribution in [2.45, 2.75) is 71.3 Å². The molecule has 22 heavy (non-hydrogen) atoms. The first-order valence-electron chi connectivity index (χ1n) is 8.70. The molecule has 1 unspecified atom stereocenters. The molecule has 0 aromatic heterocycles. The number of nitrogens with zero attached hydrogens (tertiary/aromatic N) is 1. The first-order valence-corrected chi connectivity index (χ1v) is 8.70. The number of aliphatic carboxylic acids is 1. The number of piperidine rings is 1. The van der Waals surface area contributed by atoms with Crippen LogP contribution in [0, 0.1) is 11.3 Å². The maximum atomic E-state index is 12.3. The van der Waals surface area contributed by atoms with Crippen LogP contribution >= 0.6 is 0 Å². The summed E-state index contributed by atoms with van der Waals surface area (Å²) in [6.45, 7) is 5.46. The van der Waals surface area contributed by atoms with Gasteiger partial charge in [0, 0.05) is 13.1 Å². The zero-order chi connectivity index (χ0) is 16.2. The standard InChI is InChI=1S/C17H30N2O3/c1-13(2)12-14(15(20)21)18-16(22)19-10-8-17(9-11-19)6-4-3-5-7-17/h13-14H,3-12H2,1-2H3,(H,18,22)(H,20,21). The number of urea groups is 1. The van der Waals surface area contributed by atoms with Gasteiger partial charge in [-0.2, -0.15) is 0 Å². The molecule has 1 spiro atoms. The van der Waals surface area contributed by atoms with Crippen molar-refractivity contribution in [3.8, 4) is 0 Å². The number of amides is 2. The Hall–Kier alpha value is -1.26. The molecule has 0 aromatic rings. The number of carbonyl (C=O) groups excluding carboxylic acids is 1. The minimum atomic E-state index is -0.942. The van der Waals surface area contributed by atoms with E-state index in [0.717, 1.165) is 25.9 Å². The van der Waals surface area contributed by atoms with Gasteiger partial charge in [-0.25, -0.2) is 9.59 Å². The van der Waals surface area contributed by atoms with E-state index >= 15 is 0 Å². The van der Waals surface area contributed by atoms with Crippen LogP contribution in [0.3, 0.4) is 0 Å². The zero-order valence-electron chi connectivity index (χ0n) is 13.9. The molecule has 2 aliphatic rings. The Labute approximate surface area is 133 Å². The third-order valence-corrected chi connectivity index (χ3v) is 5.33. The molecule has 5 heteroatoms.